The number of nitrogens with one attached hydrogen (secondary N) is 1. The molecule has 1 amide bonds. The summed E-state index contributed by atoms with van der Waals surface area (Å²) in [5.74, 6) is -0.685. The van der Waals surface area contributed by atoms with Crippen LogP contribution in [0.25, 0.3) is 0 Å². The van der Waals surface area contributed by atoms with Crippen LogP contribution in [0.1, 0.15) is 61.9 Å². The van der Waals surface area contributed by atoms with Crippen LogP contribution in [0.4, 0.5) is 10.2 Å². The van der Waals surface area contributed by atoms with Crippen molar-refractivity contribution in [2.75, 3.05) is 25.0 Å². The Morgan fingerprint density at radius 3 is 2.97 bits per heavy atom. The predicted octanol–water partition coefficient (Wildman–Crippen LogP) is 4.36. The molecule has 1 saturated heterocycles. The highest BCUT2D eigenvalue weighted by Gasteiger charge is 2.37. The summed E-state index contributed by atoms with van der Waals surface area (Å²) in [6.07, 6.45) is 4.93. The third kappa shape index (κ3) is 5.48. The molecule has 34 heavy (non-hydrogen) atoms. The number of benzene rings is 1. The maximum absolute atomic E-state index is 14.4. The highest BCUT2D eigenvalue weighted by molar-refractivity contribution is 5.82. The number of carboxylic acid groups (broad SMARTS) is 1. The Balaban J connectivity index is 1.39. The molecule has 1 fully saturated rings. The van der Waals surface area contributed by atoms with Gasteiger partial charge in [0.15, 0.2) is 11.6 Å². The molecule has 2 aromatic rings. The van der Waals surface area contributed by atoms with Crippen LogP contribution in [0.5, 0.6) is 5.75 Å². The summed E-state index contributed by atoms with van der Waals surface area (Å²) in [6.45, 7) is 3.52. The summed E-state index contributed by atoms with van der Waals surface area (Å²) in [5.41, 5.74) is 2.75. The van der Waals surface area contributed by atoms with Crippen LogP contribution in [-0.2, 0) is 22.4 Å². The van der Waals surface area contributed by atoms with E-state index in [9.17, 15) is 19.1 Å². The Bertz CT molecular complexity index is 1040. The van der Waals surface area contributed by atoms with Gasteiger partial charge >= 0.3 is 5.97 Å². The minimum Gasteiger partial charge on any atom is -0.491 e. The van der Waals surface area contributed by atoms with Crippen molar-refractivity contribution in [2.24, 2.45) is 5.92 Å². The average molecular weight is 470 g/mol. The minimum absolute atomic E-state index is 0.0550. The predicted molar refractivity (Wildman–Crippen MR) is 126 cm³/mol. The SMILES string of the molecule is CCOc1ccc([C@H](CC(=O)O)N2CCC(CCCc3ccc4c(n3)NCCC4)C2=O)cc1F. The number of rotatable bonds is 10. The standard InChI is InChI=1S/C26H32FN3O4/c1-2-34-23-11-9-19(15-21(23)27)22(16-24(31)32)30-14-12-18(26(30)33)5-3-7-20-10-8-17-6-4-13-28-25(17)29-20/h8-11,15,18,22H,2-7,12-14,16H2,1H3,(H,28,29)(H,31,32)/t18?,22-/m0/s1. The molecule has 0 bridgehead atoms. The number of likely N-dealkylation sites (tertiary alicyclic amines) is 1. The molecule has 2 N–H and O–H groups in total. The van der Waals surface area contributed by atoms with Crippen molar-refractivity contribution in [2.45, 2.75) is 57.9 Å². The number of carbonyl (C=O) groups excluding carboxylic acids is 1. The topological polar surface area (TPSA) is 91.8 Å². The first-order valence-electron chi connectivity index (χ1n) is 12.1. The van der Waals surface area contributed by atoms with E-state index in [2.05, 4.69) is 17.4 Å². The van der Waals surface area contributed by atoms with Crippen LogP contribution in [0.2, 0.25) is 0 Å². The largest absolute Gasteiger partial charge is 0.491 e. The van der Waals surface area contributed by atoms with Crippen molar-refractivity contribution in [3.05, 3.63) is 53.0 Å². The van der Waals surface area contributed by atoms with Crippen LogP contribution in [0.3, 0.4) is 0 Å². The zero-order valence-corrected chi connectivity index (χ0v) is 19.6. The fourth-order valence-electron chi connectivity index (χ4n) is 4.95. The molecule has 0 radical (unpaired) electrons. The second-order valence-corrected chi connectivity index (χ2v) is 8.99. The number of aliphatic carboxylic acids is 1. The summed E-state index contributed by atoms with van der Waals surface area (Å²) >= 11 is 0. The molecular weight excluding hydrogens is 437 g/mol. The Labute approximate surface area is 199 Å². The molecule has 8 heteroatoms. The van der Waals surface area contributed by atoms with E-state index in [4.69, 9.17) is 9.72 Å². The molecule has 2 aliphatic heterocycles. The number of anilines is 1. The second kappa shape index (κ2) is 10.8. The summed E-state index contributed by atoms with van der Waals surface area (Å²) in [5, 5.41) is 12.8. The molecule has 2 atom stereocenters. The number of aromatic nitrogens is 1. The second-order valence-electron chi connectivity index (χ2n) is 8.99. The Morgan fingerprint density at radius 1 is 1.35 bits per heavy atom. The lowest BCUT2D eigenvalue weighted by Gasteiger charge is -2.28. The molecule has 0 aliphatic carbocycles. The number of amides is 1. The number of hydrogen-bond donors (Lipinski definition) is 2. The number of carboxylic acids is 1. The minimum atomic E-state index is -1.03. The highest BCUT2D eigenvalue weighted by Crippen LogP contribution is 2.35. The van der Waals surface area contributed by atoms with Crippen molar-refractivity contribution >= 4 is 17.7 Å². The Kier molecular flexibility index (Phi) is 7.65. The Morgan fingerprint density at radius 2 is 2.21 bits per heavy atom. The summed E-state index contributed by atoms with van der Waals surface area (Å²) in [6, 6.07) is 7.94. The van der Waals surface area contributed by atoms with Gasteiger partial charge in [-0.3, -0.25) is 9.59 Å². The highest BCUT2D eigenvalue weighted by atomic mass is 19.1. The number of nitrogens with zero attached hydrogens (tertiary/aromatic N) is 2. The fourth-order valence-corrected chi connectivity index (χ4v) is 4.95. The third-order valence-corrected chi connectivity index (χ3v) is 6.67. The van der Waals surface area contributed by atoms with Crippen molar-refractivity contribution in [1.82, 2.24) is 9.88 Å². The first kappa shape index (κ1) is 24.0. The molecule has 4 rings (SSSR count). The van der Waals surface area contributed by atoms with Crippen molar-refractivity contribution in [1.29, 1.82) is 0 Å². The fraction of sp³-hybridized carbons (Fsp3) is 0.500. The van der Waals surface area contributed by atoms with E-state index in [0.717, 1.165) is 50.2 Å². The van der Waals surface area contributed by atoms with E-state index in [1.54, 1.807) is 17.9 Å². The molecule has 1 aromatic heterocycles. The Hall–Kier alpha value is -3.16. The van der Waals surface area contributed by atoms with Crippen LogP contribution in [-0.4, -0.2) is 46.6 Å². The first-order valence-corrected chi connectivity index (χ1v) is 12.1. The zero-order valence-electron chi connectivity index (χ0n) is 19.6. The first-order chi connectivity index (χ1) is 16.5. The van der Waals surface area contributed by atoms with Gasteiger partial charge in [0.2, 0.25) is 5.91 Å². The molecule has 7 nitrogen and oxygen atoms in total. The molecule has 182 valence electrons. The lowest BCUT2D eigenvalue weighted by molar-refractivity contribution is -0.140. The van der Waals surface area contributed by atoms with Crippen molar-refractivity contribution in [3.63, 3.8) is 0 Å². The smallest absolute Gasteiger partial charge is 0.305 e. The summed E-state index contributed by atoms with van der Waals surface area (Å²) in [7, 11) is 0. The van der Waals surface area contributed by atoms with Gasteiger partial charge in [-0.15, -0.1) is 0 Å². The summed E-state index contributed by atoms with van der Waals surface area (Å²) in [4.78, 5) is 31.1. The van der Waals surface area contributed by atoms with Crippen LogP contribution < -0.4 is 10.1 Å². The van der Waals surface area contributed by atoms with Gasteiger partial charge in [0, 0.05) is 24.7 Å². The van der Waals surface area contributed by atoms with Crippen LogP contribution >= 0.6 is 0 Å². The number of pyridine rings is 1. The van der Waals surface area contributed by atoms with Gasteiger partial charge in [-0.1, -0.05) is 12.1 Å². The average Bonchev–Trinajstić information content (AvgIpc) is 3.18. The van der Waals surface area contributed by atoms with Gasteiger partial charge in [0.1, 0.15) is 5.82 Å². The maximum Gasteiger partial charge on any atom is 0.305 e. The maximum atomic E-state index is 14.4. The number of halogens is 1. The van der Waals surface area contributed by atoms with E-state index in [1.807, 2.05) is 0 Å². The molecule has 1 unspecified atom stereocenters. The molecule has 3 heterocycles. The summed E-state index contributed by atoms with van der Waals surface area (Å²) < 4.78 is 19.7. The van der Waals surface area contributed by atoms with E-state index < -0.39 is 17.8 Å². The van der Waals surface area contributed by atoms with Gasteiger partial charge in [0.05, 0.1) is 19.1 Å². The van der Waals surface area contributed by atoms with Gasteiger partial charge in [-0.05, 0) is 74.8 Å². The molecular formula is C26H32FN3O4. The van der Waals surface area contributed by atoms with Crippen molar-refractivity contribution in [3.8, 4) is 5.75 Å². The molecule has 1 aromatic carbocycles. The van der Waals surface area contributed by atoms with E-state index in [1.165, 1.54) is 17.7 Å². The number of hydrogen-bond acceptors (Lipinski definition) is 5. The molecule has 0 spiro atoms. The lowest BCUT2D eigenvalue weighted by Crippen LogP contribution is -2.33. The normalized spacial score (nSPS) is 18.4. The van der Waals surface area contributed by atoms with Crippen molar-refractivity contribution < 1.29 is 23.8 Å². The number of aryl methyl sites for hydroxylation is 2. The number of carbonyl (C=O) groups is 2. The van der Waals surface area contributed by atoms with Crippen LogP contribution in [0, 0.1) is 11.7 Å². The van der Waals surface area contributed by atoms with E-state index >= 15 is 0 Å². The lowest BCUT2D eigenvalue weighted by atomic mass is 9.98. The van der Waals surface area contributed by atoms with E-state index in [-0.39, 0.29) is 24.0 Å². The number of fused-ring (bicyclic) bond motifs is 1. The van der Waals surface area contributed by atoms with Gasteiger partial charge in [0.25, 0.3) is 0 Å². The molecule has 2 aliphatic rings. The van der Waals surface area contributed by atoms with Gasteiger partial charge in [-0.2, -0.15) is 0 Å². The van der Waals surface area contributed by atoms with Crippen LogP contribution in [0.15, 0.2) is 30.3 Å². The van der Waals surface area contributed by atoms with Gasteiger partial charge in [-0.25, -0.2) is 9.37 Å². The van der Waals surface area contributed by atoms with Gasteiger partial charge < -0.3 is 20.1 Å². The third-order valence-electron chi connectivity index (χ3n) is 6.67. The van der Waals surface area contributed by atoms with E-state index in [0.29, 0.717) is 25.1 Å². The zero-order chi connectivity index (χ0) is 24.1. The quantitative estimate of drug-likeness (QED) is 0.537. The number of ether oxygens (including phenoxy) is 1. The molecule has 0 saturated carbocycles. The monoisotopic (exact) mass is 469 g/mol.